The molecule has 2 aromatic rings. The Morgan fingerprint density at radius 1 is 1.08 bits per heavy atom. The average Bonchev–Trinajstić information content (AvgIpc) is 3.30. The molecule has 0 bridgehead atoms. The van der Waals surface area contributed by atoms with Crippen LogP contribution in [0.2, 0.25) is 0 Å². The van der Waals surface area contributed by atoms with E-state index in [1.807, 2.05) is 22.9 Å². The van der Waals surface area contributed by atoms with Crippen molar-refractivity contribution in [3.05, 3.63) is 29.6 Å². The Labute approximate surface area is 143 Å². The Balaban J connectivity index is 1.52. The molecule has 4 heterocycles. The molecule has 8 heteroatoms. The van der Waals surface area contributed by atoms with E-state index < -0.39 is 0 Å². The maximum atomic E-state index is 5.74. The second-order valence-electron chi connectivity index (χ2n) is 5.85. The number of ether oxygens (including phenoxy) is 3. The highest BCUT2D eigenvalue weighted by Crippen LogP contribution is 2.34. The third-order valence-corrected chi connectivity index (χ3v) is 5.22. The van der Waals surface area contributed by atoms with Crippen LogP contribution in [0.15, 0.2) is 28.5 Å². The summed E-state index contributed by atoms with van der Waals surface area (Å²) in [6, 6.07) is 5.96. The van der Waals surface area contributed by atoms with Crippen molar-refractivity contribution in [2.24, 2.45) is 5.10 Å². The lowest BCUT2D eigenvalue weighted by Gasteiger charge is -2.20. The molecule has 1 saturated heterocycles. The summed E-state index contributed by atoms with van der Waals surface area (Å²) < 4.78 is 18.8. The van der Waals surface area contributed by atoms with Crippen LogP contribution in [-0.4, -0.2) is 46.2 Å². The van der Waals surface area contributed by atoms with E-state index in [-0.39, 0.29) is 6.10 Å². The van der Waals surface area contributed by atoms with Crippen molar-refractivity contribution in [2.45, 2.75) is 24.1 Å². The zero-order chi connectivity index (χ0) is 15.9. The molecule has 7 nitrogen and oxygen atoms in total. The Kier molecular flexibility index (Phi) is 3.45. The van der Waals surface area contributed by atoms with Crippen LogP contribution >= 0.6 is 11.8 Å². The van der Waals surface area contributed by atoms with Crippen molar-refractivity contribution >= 4 is 17.5 Å². The Morgan fingerprint density at radius 2 is 2.00 bits per heavy atom. The number of benzene rings is 1. The van der Waals surface area contributed by atoms with Gasteiger partial charge in [-0.25, -0.2) is 0 Å². The standard InChI is InChI=1S/C16H16N4O3S/c1-2-13(21-5-1)15-17-18-16-20(15)19-11(9-24-16)10-3-4-12-14(8-10)23-7-6-22-12/h3-4,8,13H,1-2,5-7,9H2/t13-/m0/s1. The number of fused-ring (bicyclic) bond motifs is 2. The summed E-state index contributed by atoms with van der Waals surface area (Å²) in [5.74, 6) is 3.12. The minimum atomic E-state index is -0.00443. The molecule has 0 aliphatic carbocycles. The summed E-state index contributed by atoms with van der Waals surface area (Å²) in [7, 11) is 0. The summed E-state index contributed by atoms with van der Waals surface area (Å²) >= 11 is 1.64. The van der Waals surface area contributed by atoms with Crippen molar-refractivity contribution in [3.8, 4) is 11.5 Å². The predicted octanol–water partition coefficient (Wildman–Crippen LogP) is 2.26. The van der Waals surface area contributed by atoms with Gasteiger partial charge in [0.15, 0.2) is 17.3 Å². The Morgan fingerprint density at radius 3 is 2.88 bits per heavy atom. The zero-order valence-electron chi connectivity index (χ0n) is 13.0. The maximum absolute atomic E-state index is 5.74. The first-order chi connectivity index (χ1) is 11.9. The fourth-order valence-corrected chi connectivity index (χ4v) is 3.93. The second-order valence-corrected chi connectivity index (χ2v) is 6.79. The molecular weight excluding hydrogens is 328 g/mol. The fraction of sp³-hybridized carbons (Fsp3) is 0.438. The van der Waals surface area contributed by atoms with Crippen LogP contribution in [0.1, 0.15) is 30.3 Å². The van der Waals surface area contributed by atoms with Crippen LogP contribution in [0.25, 0.3) is 0 Å². The van der Waals surface area contributed by atoms with E-state index in [9.17, 15) is 0 Å². The largest absolute Gasteiger partial charge is 0.486 e. The van der Waals surface area contributed by atoms with Crippen molar-refractivity contribution in [1.82, 2.24) is 14.9 Å². The van der Waals surface area contributed by atoms with Gasteiger partial charge in [0.2, 0.25) is 5.16 Å². The normalized spacial score (nSPS) is 22.2. The first kappa shape index (κ1) is 14.3. The lowest BCUT2D eigenvalue weighted by atomic mass is 10.1. The minimum absolute atomic E-state index is 0.00443. The van der Waals surface area contributed by atoms with Crippen LogP contribution in [0.3, 0.4) is 0 Å². The van der Waals surface area contributed by atoms with E-state index in [0.717, 1.165) is 59.0 Å². The topological polar surface area (TPSA) is 70.8 Å². The molecule has 1 aromatic heterocycles. The first-order valence-electron chi connectivity index (χ1n) is 8.06. The van der Waals surface area contributed by atoms with Gasteiger partial charge in [0.25, 0.3) is 0 Å². The van der Waals surface area contributed by atoms with Crippen molar-refractivity contribution in [1.29, 1.82) is 0 Å². The third kappa shape index (κ3) is 2.37. The second kappa shape index (κ2) is 5.78. The monoisotopic (exact) mass is 344 g/mol. The van der Waals surface area contributed by atoms with Gasteiger partial charge in [-0.1, -0.05) is 11.8 Å². The predicted molar refractivity (Wildman–Crippen MR) is 88.0 cm³/mol. The van der Waals surface area contributed by atoms with Crippen molar-refractivity contribution < 1.29 is 14.2 Å². The molecular formula is C16H16N4O3S. The van der Waals surface area contributed by atoms with E-state index in [1.165, 1.54) is 0 Å². The molecule has 0 saturated carbocycles. The number of hydrogen-bond donors (Lipinski definition) is 0. The van der Waals surface area contributed by atoms with Crippen LogP contribution in [-0.2, 0) is 4.74 Å². The van der Waals surface area contributed by atoms with E-state index in [1.54, 1.807) is 11.8 Å². The van der Waals surface area contributed by atoms with E-state index in [4.69, 9.17) is 19.3 Å². The first-order valence-corrected chi connectivity index (χ1v) is 9.04. The summed E-state index contributed by atoms with van der Waals surface area (Å²) in [5, 5.41) is 14.1. The van der Waals surface area contributed by atoms with Gasteiger partial charge in [-0.15, -0.1) is 10.2 Å². The summed E-state index contributed by atoms with van der Waals surface area (Å²) in [6.45, 7) is 1.95. The van der Waals surface area contributed by atoms with Crippen LogP contribution in [0, 0.1) is 0 Å². The quantitative estimate of drug-likeness (QED) is 0.832. The van der Waals surface area contributed by atoms with E-state index in [2.05, 4.69) is 10.2 Å². The number of rotatable bonds is 2. The highest BCUT2D eigenvalue weighted by Gasteiger charge is 2.28. The van der Waals surface area contributed by atoms with Gasteiger partial charge in [0.1, 0.15) is 19.3 Å². The van der Waals surface area contributed by atoms with Crippen molar-refractivity contribution in [3.63, 3.8) is 0 Å². The summed E-state index contributed by atoms with van der Waals surface area (Å²) in [5.41, 5.74) is 2.01. The highest BCUT2D eigenvalue weighted by atomic mass is 32.2. The molecule has 24 heavy (non-hydrogen) atoms. The van der Waals surface area contributed by atoms with Crippen LogP contribution in [0.4, 0.5) is 0 Å². The number of nitrogens with zero attached hydrogens (tertiary/aromatic N) is 4. The molecule has 3 aliphatic rings. The third-order valence-electron chi connectivity index (χ3n) is 4.29. The van der Waals surface area contributed by atoms with Gasteiger partial charge in [0, 0.05) is 17.9 Å². The number of thioether (sulfide) groups is 1. The molecule has 0 radical (unpaired) electrons. The fourth-order valence-electron chi connectivity index (χ4n) is 3.09. The number of aromatic nitrogens is 3. The molecule has 0 unspecified atom stereocenters. The van der Waals surface area contributed by atoms with Crippen LogP contribution < -0.4 is 9.47 Å². The van der Waals surface area contributed by atoms with Gasteiger partial charge in [-0.05, 0) is 31.0 Å². The van der Waals surface area contributed by atoms with E-state index >= 15 is 0 Å². The highest BCUT2D eigenvalue weighted by molar-refractivity contribution is 7.99. The lowest BCUT2D eigenvalue weighted by molar-refractivity contribution is 0.102. The zero-order valence-corrected chi connectivity index (χ0v) is 13.8. The maximum Gasteiger partial charge on any atom is 0.212 e. The molecule has 1 aromatic carbocycles. The minimum Gasteiger partial charge on any atom is -0.486 e. The smallest absolute Gasteiger partial charge is 0.212 e. The number of hydrogen-bond acceptors (Lipinski definition) is 7. The molecule has 3 aliphatic heterocycles. The van der Waals surface area contributed by atoms with E-state index in [0.29, 0.717) is 13.2 Å². The van der Waals surface area contributed by atoms with Crippen LogP contribution in [0.5, 0.6) is 11.5 Å². The average molecular weight is 344 g/mol. The molecule has 124 valence electrons. The SMILES string of the molecule is c1cc2c(cc1C1=Nn3c(nnc3[C@@H]3CCCO3)SC1)OCCO2. The summed E-state index contributed by atoms with van der Waals surface area (Å²) in [4.78, 5) is 0. The molecule has 5 rings (SSSR count). The molecule has 0 N–H and O–H groups in total. The van der Waals surface area contributed by atoms with Gasteiger partial charge in [0.05, 0.1) is 5.71 Å². The lowest BCUT2D eigenvalue weighted by Crippen LogP contribution is -2.18. The Hall–Kier alpha value is -2.06. The van der Waals surface area contributed by atoms with Gasteiger partial charge in [-0.2, -0.15) is 9.78 Å². The van der Waals surface area contributed by atoms with Gasteiger partial charge < -0.3 is 14.2 Å². The van der Waals surface area contributed by atoms with Gasteiger partial charge in [-0.3, -0.25) is 0 Å². The molecule has 0 spiro atoms. The van der Waals surface area contributed by atoms with Gasteiger partial charge >= 0.3 is 0 Å². The molecule has 1 fully saturated rings. The molecule has 1 atom stereocenters. The molecule has 0 amide bonds. The van der Waals surface area contributed by atoms with Crippen molar-refractivity contribution in [2.75, 3.05) is 25.6 Å². The summed E-state index contributed by atoms with van der Waals surface area (Å²) in [6.07, 6.45) is 2.02. The Bertz CT molecular complexity index is 814.